The van der Waals surface area contributed by atoms with Gasteiger partial charge >= 0.3 is 0 Å². The molecule has 0 aliphatic carbocycles. The summed E-state index contributed by atoms with van der Waals surface area (Å²) >= 11 is 1.45. The first-order valence-corrected chi connectivity index (χ1v) is 10.5. The van der Waals surface area contributed by atoms with E-state index in [1.165, 1.54) is 16.9 Å². The molecule has 0 bridgehead atoms. The molecule has 30 heavy (non-hydrogen) atoms. The number of benzene rings is 2. The summed E-state index contributed by atoms with van der Waals surface area (Å²) in [7, 11) is 0. The normalized spacial score (nSPS) is 11.6. The van der Waals surface area contributed by atoms with E-state index in [2.05, 4.69) is 54.4 Å². The number of rotatable bonds is 5. The van der Waals surface area contributed by atoms with Crippen LogP contribution < -0.4 is 10.1 Å². The van der Waals surface area contributed by atoms with Crippen LogP contribution in [0.1, 0.15) is 42.4 Å². The van der Waals surface area contributed by atoms with Crippen LogP contribution in [0, 0.1) is 6.92 Å². The highest BCUT2D eigenvalue weighted by atomic mass is 32.1. The molecule has 0 saturated carbocycles. The van der Waals surface area contributed by atoms with Crippen molar-refractivity contribution in [3.8, 4) is 5.75 Å². The third-order valence-corrected chi connectivity index (χ3v) is 5.66. The predicted molar refractivity (Wildman–Crippen MR) is 120 cm³/mol. The fourth-order valence-electron chi connectivity index (χ4n) is 2.99. The van der Waals surface area contributed by atoms with Gasteiger partial charge in [-0.3, -0.25) is 10.1 Å². The SMILES string of the molecule is Cc1ccc2nc(NC(=O)c3ccn(COc4ccc(C(C)(C)C)cc4)n3)sc2c1. The standard InChI is InChI=1S/C23H24N4O2S/c1-15-5-10-18-20(13-15)30-22(24-18)25-21(28)19-11-12-27(26-19)14-29-17-8-6-16(7-9-17)23(2,3)4/h5-13H,14H2,1-4H3,(H,24,25,28). The quantitative estimate of drug-likeness (QED) is 0.470. The lowest BCUT2D eigenvalue weighted by molar-refractivity contribution is 0.102. The maximum atomic E-state index is 12.5. The molecule has 2 aromatic heterocycles. The van der Waals surface area contributed by atoms with Gasteiger partial charge in [0, 0.05) is 6.20 Å². The molecule has 0 atom stereocenters. The maximum absolute atomic E-state index is 12.5. The second-order valence-electron chi connectivity index (χ2n) is 8.23. The molecule has 6 nitrogen and oxygen atoms in total. The van der Waals surface area contributed by atoms with E-state index in [1.807, 2.05) is 31.2 Å². The Kier molecular flexibility index (Phi) is 5.30. The molecule has 0 aliphatic heterocycles. The molecule has 2 heterocycles. The van der Waals surface area contributed by atoms with Gasteiger partial charge in [-0.25, -0.2) is 9.67 Å². The zero-order valence-electron chi connectivity index (χ0n) is 17.5. The Balaban J connectivity index is 1.37. The minimum atomic E-state index is -0.293. The van der Waals surface area contributed by atoms with Crippen LogP contribution in [-0.4, -0.2) is 20.7 Å². The predicted octanol–water partition coefficient (Wildman–Crippen LogP) is 5.39. The lowest BCUT2D eigenvalue weighted by Gasteiger charge is -2.19. The second-order valence-corrected chi connectivity index (χ2v) is 9.26. The van der Waals surface area contributed by atoms with E-state index < -0.39 is 0 Å². The Morgan fingerprint density at radius 1 is 1.13 bits per heavy atom. The summed E-state index contributed by atoms with van der Waals surface area (Å²) in [5, 5.41) is 7.69. The highest BCUT2D eigenvalue weighted by Crippen LogP contribution is 2.27. The number of hydrogen-bond donors (Lipinski definition) is 1. The number of nitrogens with zero attached hydrogens (tertiary/aromatic N) is 3. The molecule has 4 aromatic rings. The summed E-state index contributed by atoms with van der Waals surface area (Å²) in [6, 6.07) is 15.7. The van der Waals surface area contributed by atoms with Gasteiger partial charge in [0.05, 0.1) is 10.2 Å². The van der Waals surface area contributed by atoms with Gasteiger partial charge < -0.3 is 4.74 Å². The summed E-state index contributed by atoms with van der Waals surface area (Å²) in [5.74, 6) is 0.466. The van der Waals surface area contributed by atoms with Crippen molar-refractivity contribution in [3.63, 3.8) is 0 Å². The third kappa shape index (κ3) is 4.52. The molecule has 1 amide bonds. The van der Waals surface area contributed by atoms with E-state index in [4.69, 9.17) is 4.74 Å². The second kappa shape index (κ2) is 7.91. The number of ether oxygens (including phenoxy) is 1. The molecule has 0 fully saturated rings. The molecule has 0 aliphatic rings. The largest absolute Gasteiger partial charge is 0.471 e. The van der Waals surface area contributed by atoms with E-state index >= 15 is 0 Å². The topological polar surface area (TPSA) is 69.0 Å². The van der Waals surface area contributed by atoms with Gasteiger partial charge in [-0.2, -0.15) is 5.10 Å². The monoisotopic (exact) mass is 420 g/mol. The van der Waals surface area contributed by atoms with Gasteiger partial charge in [-0.1, -0.05) is 50.3 Å². The Morgan fingerprint density at radius 3 is 2.63 bits per heavy atom. The van der Waals surface area contributed by atoms with Crippen LogP contribution in [0.4, 0.5) is 5.13 Å². The van der Waals surface area contributed by atoms with Crippen LogP contribution >= 0.6 is 11.3 Å². The molecule has 7 heteroatoms. The smallest absolute Gasteiger partial charge is 0.277 e. The van der Waals surface area contributed by atoms with Crippen molar-refractivity contribution in [1.82, 2.24) is 14.8 Å². The third-order valence-electron chi connectivity index (χ3n) is 4.72. The molecule has 2 aromatic carbocycles. The fraction of sp³-hybridized carbons (Fsp3) is 0.261. The number of aryl methyl sites for hydroxylation is 1. The summed E-state index contributed by atoms with van der Waals surface area (Å²) in [5.41, 5.74) is 3.70. The number of carbonyl (C=O) groups is 1. The highest BCUT2D eigenvalue weighted by molar-refractivity contribution is 7.22. The van der Waals surface area contributed by atoms with Crippen LogP contribution in [0.3, 0.4) is 0 Å². The zero-order chi connectivity index (χ0) is 21.3. The van der Waals surface area contributed by atoms with Crippen molar-refractivity contribution in [3.05, 3.63) is 71.5 Å². The zero-order valence-corrected chi connectivity index (χ0v) is 18.3. The summed E-state index contributed by atoms with van der Waals surface area (Å²) in [6.45, 7) is 8.78. The first-order chi connectivity index (χ1) is 14.3. The van der Waals surface area contributed by atoms with Gasteiger partial charge in [0.25, 0.3) is 5.91 Å². The van der Waals surface area contributed by atoms with Crippen LogP contribution in [0.25, 0.3) is 10.2 Å². The van der Waals surface area contributed by atoms with Crippen molar-refractivity contribution in [2.45, 2.75) is 39.8 Å². The van der Waals surface area contributed by atoms with Crippen molar-refractivity contribution in [1.29, 1.82) is 0 Å². The molecule has 0 unspecified atom stereocenters. The van der Waals surface area contributed by atoms with Crippen LogP contribution in [0.15, 0.2) is 54.7 Å². The van der Waals surface area contributed by atoms with Gasteiger partial charge in [-0.05, 0) is 53.8 Å². The first-order valence-electron chi connectivity index (χ1n) is 9.73. The van der Waals surface area contributed by atoms with Crippen molar-refractivity contribution in [2.24, 2.45) is 0 Å². The molecule has 154 valence electrons. The highest BCUT2D eigenvalue weighted by Gasteiger charge is 2.14. The number of carbonyl (C=O) groups excluding carboxylic acids is 1. The van der Waals surface area contributed by atoms with Gasteiger partial charge in [0.2, 0.25) is 0 Å². The lowest BCUT2D eigenvalue weighted by atomic mass is 9.87. The average Bonchev–Trinajstić information content (AvgIpc) is 3.32. The van der Waals surface area contributed by atoms with Crippen molar-refractivity contribution >= 4 is 32.6 Å². The molecule has 0 radical (unpaired) electrons. The first kappa shape index (κ1) is 20.1. The minimum absolute atomic E-state index is 0.102. The molecule has 0 saturated heterocycles. The van der Waals surface area contributed by atoms with Crippen LogP contribution in [-0.2, 0) is 12.1 Å². The molecule has 4 rings (SSSR count). The number of nitrogens with one attached hydrogen (secondary N) is 1. The Morgan fingerprint density at radius 2 is 1.90 bits per heavy atom. The van der Waals surface area contributed by atoms with Gasteiger partial charge in [0.15, 0.2) is 17.6 Å². The van der Waals surface area contributed by atoms with Crippen LogP contribution in [0.5, 0.6) is 5.75 Å². The van der Waals surface area contributed by atoms with E-state index in [0.717, 1.165) is 21.5 Å². The van der Waals surface area contributed by atoms with E-state index in [9.17, 15) is 4.79 Å². The van der Waals surface area contributed by atoms with Crippen molar-refractivity contribution in [2.75, 3.05) is 5.32 Å². The molecule has 1 N–H and O–H groups in total. The number of amides is 1. The number of hydrogen-bond acceptors (Lipinski definition) is 5. The summed E-state index contributed by atoms with van der Waals surface area (Å²) in [4.78, 5) is 17.0. The Hall–Kier alpha value is -3.19. The Bertz CT molecular complexity index is 1190. The number of thiazole rings is 1. The van der Waals surface area contributed by atoms with Gasteiger partial charge in [0.1, 0.15) is 5.75 Å². The lowest BCUT2D eigenvalue weighted by Crippen LogP contribution is -2.14. The molecule has 0 spiro atoms. The number of aromatic nitrogens is 3. The summed E-state index contributed by atoms with van der Waals surface area (Å²) < 4.78 is 8.42. The average molecular weight is 421 g/mol. The van der Waals surface area contributed by atoms with E-state index in [-0.39, 0.29) is 18.1 Å². The molecular weight excluding hydrogens is 396 g/mol. The van der Waals surface area contributed by atoms with Crippen LogP contribution in [0.2, 0.25) is 0 Å². The summed E-state index contributed by atoms with van der Waals surface area (Å²) in [6.07, 6.45) is 1.72. The fourth-order valence-corrected chi connectivity index (χ4v) is 3.95. The van der Waals surface area contributed by atoms with Gasteiger partial charge in [-0.15, -0.1) is 0 Å². The maximum Gasteiger partial charge on any atom is 0.277 e. The number of anilines is 1. The minimum Gasteiger partial charge on any atom is -0.471 e. The van der Waals surface area contributed by atoms with Crippen molar-refractivity contribution < 1.29 is 9.53 Å². The van der Waals surface area contributed by atoms with E-state index in [1.54, 1.807) is 16.9 Å². The Labute approximate surface area is 179 Å². The van der Waals surface area contributed by atoms with E-state index in [0.29, 0.717) is 10.8 Å². The molecular formula is C23H24N4O2S. The number of fused-ring (bicyclic) bond motifs is 1.